The van der Waals surface area contributed by atoms with E-state index in [0.717, 1.165) is 32.6 Å². The van der Waals surface area contributed by atoms with Crippen LogP contribution in [0.1, 0.15) is 39.0 Å². The summed E-state index contributed by atoms with van der Waals surface area (Å²) in [5.41, 5.74) is 6.30. The van der Waals surface area contributed by atoms with E-state index in [1.807, 2.05) is 0 Å². The number of hydrogen-bond donors (Lipinski definition) is 2. The second kappa shape index (κ2) is 6.46. The highest BCUT2D eigenvalue weighted by atomic mass is 16.3. The second-order valence-corrected chi connectivity index (χ2v) is 4.86. The van der Waals surface area contributed by atoms with Gasteiger partial charge in [0.1, 0.15) is 0 Å². The van der Waals surface area contributed by atoms with Crippen molar-refractivity contribution in [2.24, 2.45) is 11.1 Å². The van der Waals surface area contributed by atoms with E-state index in [-0.39, 0.29) is 0 Å². The topological polar surface area (TPSA) is 49.5 Å². The highest BCUT2D eigenvalue weighted by molar-refractivity contribution is 4.88. The third-order valence-electron chi connectivity index (χ3n) is 3.74. The molecule has 0 aromatic rings. The van der Waals surface area contributed by atoms with E-state index in [0.29, 0.717) is 12.0 Å². The zero-order chi connectivity index (χ0) is 11.1. The highest BCUT2D eigenvalue weighted by Crippen LogP contribution is 2.37. The van der Waals surface area contributed by atoms with Gasteiger partial charge in [-0.3, -0.25) is 0 Å². The molecule has 0 atom stereocenters. The predicted octanol–water partition coefficient (Wildman–Crippen LogP) is 1.21. The normalized spacial score (nSPS) is 20.0. The summed E-state index contributed by atoms with van der Waals surface area (Å²) in [6.07, 6.45) is 6.15. The number of aliphatic hydroxyl groups excluding tert-OH is 1. The van der Waals surface area contributed by atoms with Crippen molar-refractivity contribution in [3.8, 4) is 0 Å². The van der Waals surface area contributed by atoms with Gasteiger partial charge in [0.25, 0.3) is 0 Å². The van der Waals surface area contributed by atoms with Gasteiger partial charge < -0.3 is 15.7 Å². The maximum atomic E-state index is 8.84. The van der Waals surface area contributed by atoms with Crippen molar-refractivity contribution >= 4 is 0 Å². The van der Waals surface area contributed by atoms with Crippen LogP contribution in [-0.2, 0) is 0 Å². The van der Waals surface area contributed by atoms with E-state index in [1.54, 1.807) is 0 Å². The molecule has 1 fully saturated rings. The van der Waals surface area contributed by atoms with E-state index in [1.165, 1.54) is 25.7 Å². The smallest absolute Gasteiger partial charge is 0.0443 e. The molecular formula is C12H26N2O. The molecule has 3 N–H and O–H groups in total. The molecule has 0 amide bonds. The molecule has 0 unspecified atom stereocenters. The third kappa shape index (κ3) is 3.74. The van der Waals surface area contributed by atoms with Crippen LogP contribution in [0.2, 0.25) is 0 Å². The van der Waals surface area contributed by atoms with Gasteiger partial charge in [0, 0.05) is 19.7 Å². The SMILES string of the molecule is CCN(CCCO)CC1(CN)CCCC1. The van der Waals surface area contributed by atoms with Gasteiger partial charge in [-0.2, -0.15) is 0 Å². The molecule has 1 rings (SSSR count). The second-order valence-electron chi connectivity index (χ2n) is 4.86. The molecule has 3 heteroatoms. The molecule has 0 radical (unpaired) electrons. The summed E-state index contributed by atoms with van der Waals surface area (Å²) in [7, 11) is 0. The lowest BCUT2D eigenvalue weighted by molar-refractivity contribution is 0.151. The molecule has 0 aromatic carbocycles. The quantitative estimate of drug-likeness (QED) is 0.670. The molecule has 15 heavy (non-hydrogen) atoms. The predicted molar refractivity (Wildman–Crippen MR) is 63.8 cm³/mol. The van der Waals surface area contributed by atoms with Gasteiger partial charge in [0.15, 0.2) is 0 Å². The summed E-state index contributed by atoms with van der Waals surface area (Å²) in [4.78, 5) is 2.44. The number of aliphatic hydroxyl groups is 1. The largest absolute Gasteiger partial charge is 0.396 e. The summed E-state index contributed by atoms with van der Waals surface area (Å²) in [6, 6.07) is 0. The van der Waals surface area contributed by atoms with Gasteiger partial charge >= 0.3 is 0 Å². The molecule has 0 heterocycles. The minimum atomic E-state index is 0.298. The van der Waals surface area contributed by atoms with Gasteiger partial charge in [-0.05, 0) is 37.8 Å². The monoisotopic (exact) mass is 214 g/mol. The number of hydrogen-bond acceptors (Lipinski definition) is 3. The minimum Gasteiger partial charge on any atom is -0.396 e. The lowest BCUT2D eigenvalue weighted by Gasteiger charge is -2.34. The van der Waals surface area contributed by atoms with Crippen LogP contribution in [0.5, 0.6) is 0 Å². The standard InChI is InChI=1S/C12H26N2O/c1-2-14(8-5-9-15)11-12(10-13)6-3-4-7-12/h15H,2-11,13H2,1H3. The van der Waals surface area contributed by atoms with Crippen LogP contribution in [0.15, 0.2) is 0 Å². The maximum Gasteiger partial charge on any atom is 0.0443 e. The average Bonchev–Trinajstić information content (AvgIpc) is 2.73. The maximum absolute atomic E-state index is 8.84. The minimum absolute atomic E-state index is 0.298. The zero-order valence-corrected chi connectivity index (χ0v) is 10.0. The van der Waals surface area contributed by atoms with Crippen molar-refractivity contribution in [3.63, 3.8) is 0 Å². The summed E-state index contributed by atoms with van der Waals surface area (Å²) >= 11 is 0. The summed E-state index contributed by atoms with van der Waals surface area (Å²) in [5, 5.41) is 8.84. The number of nitrogens with zero attached hydrogens (tertiary/aromatic N) is 1. The first-order chi connectivity index (χ1) is 7.26. The van der Waals surface area contributed by atoms with Gasteiger partial charge in [-0.15, -0.1) is 0 Å². The fourth-order valence-electron chi connectivity index (χ4n) is 2.67. The summed E-state index contributed by atoms with van der Waals surface area (Å²) in [6.45, 7) is 6.52. The van der Waals surface area contributed by atoms with Crippen molar-refractivity contribution in [3.05, 3.63) is 0 Å². The Morgan fingerprint density at radius 3 is 2.47 bits per heavy atom. The van der Waals surface area contributed by atoms with E-state index < -0.39 is 0 Å². The van der Waals surface area contributed by atoms with E-state index >= 15 is 0 Å². The van der Waals surface area contributed by atoms with Crippen LogP contribution >= 0.6 is 0 Å². The van der Waals surface area contributed by atoms with Gasteiger partial charge in [-0.25, -0.2) is 0 Å². The molecule has 0 spiro atoms. The zero-order valence-electron chi connectivity index (χ0n) is 10.0. The van der Waals surface area contributed by atoms with Crippen LogP contribution in [0.25, 0.3) is 0 Å². The van der Waals surface area contributed by atoms with Gasteiger partial charge in [0.2, 0.25) is 0 Å². The summed E-state index contributed by atoms with van der Waals surface area (Å²) < 4.78 is 0. The molecule has 0 saturated heterocycles. The fourth-order valence-corrected chi connectivity index (χ4v) is 2.67. The first-order valence-electron chi connectivity index (χ1n) is 6.29. The molecule has 1 saturated carbocycles. The Balaban J connectivity index is 2.40. The molecule has 3 nitrogen and oxygen atoms in total. The Morgan fingerprint density at radius 2 is 2.00 bits per heavy atom. The molecule has 0 aliphatic heterocycles. The lowest BCUT2D eigenvalue weighted by Crippen LogP contribution is -2.41. The number of rotatable bonds is 7. The van der Waals surface area contributed by atoms with Crippen LogP contribution in [-0.4, -0.2) is 42.8 Å². The van der Waals surface area contributed by atoms with Crippen molar-refractivity contribution in [1.82, 2.24) is 4.90 Å². The molecule has 1 aliphatic rings. The van der Waals surface area contributed by atoms with Crippen LogP contribution < -0.4 is 5.73 Å². The molecule has 0 bridgehead atoms. The molecule has 1 aliphatic carbocycles. The van der Waals surface area contributed by atoms with E-state index in [4.69, 9.17) is 10.8 Å². The summed E-state index contributed by atoms with van der Waals surface area (Å²) in [5.74, 6) is 0. The molecule has 90 valence electrons. The Hall–Kier alpha value is -0.120. The Morgan fingerprint density at radius 1 is 1.33 bits per heavy atom. The van der Waals surface area contributed by atoms with Crippen molar-refractivity contribution < 1.29 is 5.11 Å². The third-order valence-corrected chi connectivity index (χ3v) is 3.74. The first kappa shape index (κ1) is 12.9. The van der Waals surface area contributed by atoms with Crippen LogP contribution in [0, 0.1) is 5.41 Å². The van der Waals surface area contributed by atoms with Crippen molar-refractivity contribution in [2.75, 3.05) is 32.8 Å². The Labute approximate surface area is 93.6 Å². The van der Waals surface area contributed by atoms with Gasteiger partial charge in [0.05, 0.1) is 0 Å². The average molecular weight is 214 g/mol. The van der Waals surface area contributed by atoms with Crippen LogP contribution in [0.3, 0.4) is 0 Å². The van der Waals surface area contributed by atoms with E-state index in [2.05, 4.69) is 11.8 Å². The highest BCUT2D eigenvalue weighted by Gasteiger charge is 2.33. The first-order valence-corrected chi connectivity index (χ1v) is 6.29. The molecular weight excluding hydrogens is 188 g/mol. The van der Waals surface area contributed by atoms with Gasteiger partial charge in [-0.1, -0.05) is 19.8 Å². The lowest BCUT2D eigenvalue weighted by atomic mass is 9.85. The fraction of sp³-hybridized carbons (Fsp3) is 1.00. The number of nitrogens with two attached hydrogens (primary N) is 1. The Kier molecular flexibility index (Phi) is 5.58. The molecule has 0 aromatic heterocycles. The van der Waals surface area contributed by atoms with Crippen LogP contribution in [0.4, 0.5) is 0 Å². The van der Waals surface area contributed by atoms with Crippen molar-refractivity contribution in [2.45, 2.75) is 39.0 Å². The van der Waals surface area contributed by atoms with Crippen molar-refractivity contribution in [1.29, 1.82) is 0 Å². The van der Waals surface area contributed by atoms with E-state index in [9.17, 15) is 0 Å². The Bertz CT molecular complexity index is 167.